The molecule has 22 heavy (non-hydrogen) atoms. The molecule has 5 rings (SSSR count). The third kappa shape index (κ3) is 1.40. The van der Waals surface area contributed by atoms with Crippen LogP contribution in [0.25, 0.3) is 23.3 Å². The molecule has 0 unspecified atom stereocenters. The third-order valence-corrected chi connectivity index (χ3v) is 4.59. The fraction of sp³-hybridized carbons (Fsp3) is 0. The standard InChI is InChI=1S/C21H12O/c22-21-16-8-4-2-6-14(16)12-20-18(21)10-9-17-15-7-3-1-5-13(15)11-19(17)20/h1-12H. The number of hydrogen-bond donors (Lipinski definition) is 0. The van der Waals surface area contributed by atoms with Gasteiger partial charge in [-0.1, -0.05) is 54.6 Å². The maximum atomic E-state index is 12.7. The van der Waals surface area contributed by atoms with Crippen molar-refractivity contribution in [2.24, 2.45) is 0 Å². The third-order valence-electron chi connectivity index (χ3n) is 4.59. The van der Waals surface area contributed by atoms with Crippen LogP contribution in [0, 0.1) is 0 Å². The quantitative estimate of drug-likeness (QED) is 0.426. The Kier molecular flexibility index (Phi) is 2.15. The normalized spacial score (nSPS) is 13.4. The van der Waals surface area contributed by atoms with E-state index in [1.807, 2.05) is 30.3 Å². The van der Waals surface area contributed by atoms with Gasteiger partial charge in [0.15, 0.2) is 5.78 Å². The number of benzene rings is 3. The summed E-state index contributed by atoms with van der Waals surface area (Å²) in [6.07, 6.45) is 4.34. The van der Waals surface area contributed by atoms with Crippen molar-refractivity contribution in [2.45, 2.75) is 0 Å². The van der Waals surface area contributed by atoms with Gasteiger partial charge in [0.25, 0.3) is 0 Å². The molecule has 2 aliphatic carbocycles. The van der Waals surface area contributed by atoms with Crippen molar-refractivity contribution in [3.8, 4) is 11.1 Å². The molecule has 0 aliphatic heterocycles. The number of carbonyl (C=O) groups excluding carboxylic acids is 1. The van der Waals surface area contributed by atoms with E-state index in [0.29, 0.717) is 0 Å². The smallest absolute Gasteiger partial charge is 0.194 e. The summed E-state index contributed by atoms with van der Waals surface area (Å²) >= 11 is 0. The molecule has 0 saturated heterocycles. The number of rotatable bonds is 0. The van der Waals surface area contributed by atoms with Crippen LogP contribution in [0.1, 0.15) is 27.0 Å². The van der Waals surface area contributed by atoms with Crippen molar-refractivity contribution in [3.05, 3.63) is 93.4 Å². The van der Waals surface area contributed by atoms with Crippen molar-refractivity contribution in [1.29, 1.82) is 0 Å². The molecule has 0 amide bonds. The van der Waals surface area contributed by atoms with Crippen LogP contribution in [0.4, 0.5) is 0 Å². The lowest BCUT2D eigenvalue weighted by molar-refractivity contribution is 0.103. The monoisotopic (exact) mass is 280 g/mol. The van der Waals surface area contributed by atoms with E-state index in [1.165, 1.54) is 21.9 Å². The molecule has 1 heteroatoms. The molecular weight excluding hydrogens is 268 g/mol. The molecule has 0 spiro atoms. The maximum Gasteiger partial charge on any atom is 0.194 e. The zero-order valence-electron chi connectivity index (χ0n) is 11.8. The van der Waals surface area contributed by atoms with Gasteiger partial charge in [0.2, 0.25) is 0 Å². The van der Waals surface area contributed by atoms with Crippen LogP contribution in [0.2, 0.25) is 0 Å². The minimum atomic E-state index is 0.125. The summed E-state index contributed by atoms with van der Waals surface area (Å²) in [5, 5.41) is 2.22. The van der Waals surface area contributed by atoms with Gasteiger partial charge < -0.3 is 0 Å². The summed E-state index contributed by atoms with van der Waals surface area (Å²) in [4.78, 5) is 12.7. The van der Waals surface area contributed by atoms with E-state index in [-0.39, 0.29) is 5.78 Å². The minimum absolute atomic E-state index is 0.125. The average Bonchev–Trinajstić information content (AvgIpc) is 2.94. The molecule has 0 fully saturated rings. The van der Waals surface area contributed by atoms with Crippen molar-refractivity contribution >= 4 is 17.9 Å². The second kappa shape index (κ2) is 4.05. The van der Waals surface area contributed by atoms with E-state index >= 15 is 0 Å². The second-order valence-electron chi connectivity index (χ2n) is 5.78. The van der Waals surface area contributed by atoms with Gasteiger partial charge in [0, 0.05) is 11.1 Å². The highest BCUT2D eigenvalue weighted by molar-refractivity contribution is 6.13. The Hall–Kier alpha value is -2.93. The molecule has 0 bridgehead atoms. The van der Waals surface area contributed by atoms with Gasteiger partial charge in [0.05, 0.1) is 0 Å². The van der Waals surface area contributed by atoms with Crippen molar-refractivity contribution in [3.63, 3.8) is 0 Å². The Bertz CT molecular complexity index is 1090. The van der Waals surface area contributed by atoms with Gasteiger partial charge in [-0.2, -0.15) is 0 Å². The van der Waals surface area contributed by atoms with E-state index in [2.05, 4.69) is 42.5 Å². The molecular formula is C21H12O. The van der Waals surface area contributed by atoms with Crippen molar-refractivity contribution < 1.29 is 4.79 Å². The van der Waals surface area contributed by atoms with Gasteiger partial charge in [-0.25, -0.2) is 0 Å². The molecule has 0 radical (unpaired) electrons. The first-order chi connectivity index (χ1) is 10.8. The second-order valence-corrected chi connectivity index (χ2v) is 5.78. The highest BCUT2D eigenvalue weighted by atomic mass is 16.1. The Morgan fingerprint density at radius 2 is 1.05 bits per heavy atom. The highest BCUT2D eigenvalue weighted by Gasteiger charge is 2.21. The van der Waals surface area contributed by atoms with E-state index in [1.54, 1.807) is 0 Å². The summed E-state index contributed by atoms with van der Waals surface area (Å²) < 4.78 is 0. The first-order valence-electron chi connectivity index (χ1n) is 7.42. The Morgan fingerprint density at radius 1 is 0.500 bits per heavy atom. The molecule has 0 atom stereocenters. The van der Waals surface area contributed by atoms with Gasteiger partial charge in [-0.05, 0) is 50.9 Å². The molecule has 0 N–H and O–H groups in total. The van der Waals surface area contributed by atoms with Crippen LogP contribution >= 0.6 is 0 Å². The fourth-order valence-corrected chi connectivity index (χ4v) is 3.53. The Morgan fingerprint density at radius 3 is 1.82 bits per heavy atom. The summed E-state index contributed by atoms with van der Waals surface area (Å²) in [5.41, 5.74) is 6.31. The molecule has 0 aromatic heterocycles. The maximum absolute atomic E-state index is 12.7. The fourth-order valence-electron chi connectivity index (χ4n) is 3.53. The van der Waals surface area contributed by atoms with Gasteiger partial charge in [-0.15, -0.1) is 0 Å². The van der Waals surface area contributed by atoms with E-state index in [4.69, 9.17) is 0 Å². The van der Waals surface area contributed by atoms with Crippen LogP contribution in [-0.4, -0.2) is 5.78 Å². The SMILES string of the molecule is O=C1c2ccccc2C=c2c1ccc1c2=Cc2ccccc2-1. The highest BCUT2D eigenvalue weighted by Crippen LogP contribution is 2.26. The summed E-state index contributed by atoms with van der Waals surface area (Å²) in [6.45, 7) is 0. The van der Waals surface area contributed by atoms with Gasteiger partial charge >= 0.3 is 0 Å². The Labute approximate surface area is 127 Å². The van der Waals surface area contributed by atoms with Crippen LogP contribution in [0.3, 0.4) is 0 Å². The number of fused-ring (bicyclic) bond motifs is 6. The van der Waals surface area contributed by atoms with Gasteiger partial charge in [0.1, 0.15) is 0 Å². The van der Waals surface area contributed by atoms with E-state index in [0.717, 1.165) is 21.9 Å². The Balaban J connectivity index is 1.94. The summed E-state index contributed by atoms with van der Waals surface area (Å²) in [5.74, 6) is 0.125. The van der Waals surface area contributed by atoms with E-state index < -0.39 is 0 Å². The van der Waals surface area contributed by atoms with Crippen molar-refractivity contribution in [2.75, 3.05) is 0 Å². The van der Waals surface area contributed by atoms with Crippen LogP contribution in [0.5, 0.6) is 0 Å². The predicted molar refractivity (Wildman–Crippen MR) is 88.1 cm³/mol. The molecule has 0 heterocycles. The van der Waals surface area contributed by atoms with Crippen molar-refractivity contribution in [1.82, 2.24) is 0 Å². The molecule has 0 saturated carbocycles. The minimum Gasteiger partial charge on any atom is -0.289 e. The average molecular weight is 280 g/mol. The van der Waals surface area contributed by atoms with E-state index in [9.17, 15) is 4.79 Å². The first kappa shape index (κ1) is 11.7. The number of ketones is 1. The van der Waals surface area contributed by atoms with Crippen LogP contribution in [-0.2, 0) is 0 Å². The largest absolute Gasteiger partial charge is 0.289 e. The summed E-state index contributed by atoms with van der Waals surface area (Å²) in [7, 11) is 0. The lowest BCUT2D eigenvalue weighted by atomic mass is 9.89. The molecule has 3 aromatic rings. The van der Waals surface area contributed by atoms with Crippen LogP contribution < -0.4 is 10.4 Å². The summed E-state index contributed by atoms with van der Waals surface area (Å²) in [6, 6.07) is 20.3. The number of hydrogen-bond acceptors (Lipinski definition) is 1. The zero-order chi connectivity index (χ0) is 14.7. The molecule has 1 nitrogen and oxygen atoms in total. The lowest BCUT2D eigenvalue weighted by Crippen LogP contribution is -2.34. The van der Waals surface area contributed by atoms with Crippen LogP contribution in [0.15, 0.2) is 60.7 Å². The topological polar surface area (TPSA) is 17.1 Å². The number of carbonyl (C=O) groups is 1. The predicted octanol–water partition coefficient (Wildman–Crippen LogP) is 2.87. The molecule has 3 aromatic carbocycles. The zero-order valence-corrected chi connectivity index (χ0v) is 11.8. The molecule has 2 aliphatic rings. The first-order valence-corrected chi connectivity index (χ1v) is 7.42. The molecule has 102 valence electrons. The van der Waals surface area contributed by atoms with Gasteiger partial charge in [-0.3, -0.25) is 4.79 Å². The lowest BCUT2D eigenvalue weighted by Gasteiger charge is -2.13.